The number of ether oxygens (including phenoxy) is 2. The van der Waals surface area contributed by atoms with E-state index in [1.54, 1.807) is 32.4 Å². The highest BCUT2D eigenvalue weighted by molar-refractivity contribution is 5.95. The van der Waals surface area contributed by atoms with Crippen molar-refractivity contribution in [1.29, 1.82) is 0 Å². The smallest absolute Gasteiger partial charge is 0.251 e. The number of likely N-dealkylation sites (tertiary alicyclic amines) is 1. The van der Waals surface area contributed by atoms with Gasteiger partial charge in [-0.05, 0) is 49.5 Å². The van der Waals surface area contributed by atoms with E-state index >= 15 is 0 Å². The van der Waals surface area contributed by atoms with Crippen LogP contribution in [0.1, 0.15) is 41.7 Å². The maximum absolute atomic E-state index is 12.8. The zero-order chi connectivity index (χ0) is 19.9. The van der Waals surface area contributed by atoms with E-state index in [-0.39, 0.29) is 11.9 Å². The highest BCUT2D eigenvalue weighted by Crippen LogP contribution is 2.27. The van der Waals surface area contributed by atoms with Gasteiger partial charge in [0, 0.05) is 18.2 Å². The lowest BCUT2D eigenvalue weighted by atomic mass is 9.95. The van der Waals surface area contributed by atoms with Gasteiger partial charge >= 0.3 is 0 Å². The second kappa shape index (κ2) is 9.60. The minimum atomic E-state index is -0.122. The number of hydrogen-bond donors (Lipinski definition) is 1. The quantitative estimate of drug-likeness (QED) is 0.789. The fourth-order valence-electron chi connectivity index (χ4n) is 3.70. The third-order valence-electron chi connectivity index (χ3n) is 5.51. The molecule has 1 atom stereocenters. The average Bonchev–Trinajstić information content (AvgIpc) is 2.75. The Balaban J connectivity index is 1.73. The Bertz CT molecular complexity index is 748. The lowest BCUT2D eigenvalue weighted by Gasteiger charge is -2.37. The first-order valence-electron chi connectivity index (χ1n) is 9.91. The number of benzene rings is 2. The van der Waals surface area contributed by atoms with E-state index < -0.39 is 0 Å². The molecule has 3 rings (SSSR count). The molecule has 2 aromatic rings. The number of methoxy groups -OCH3 is 2. The van der Waals surface area contributed by atoms with Gasteiger partial charge in [0.05, 0.1) is 20.3 Å². The van der Waals surface area contributed by atoms with E-state index in [1.807, 2.05) is 6.07 Å². The molecule has 0 aliphatic carbocycles. The lowest BCUT2D eigenvalue weighted by Crippen LogP contribution is -2.42. The van der Waals surface area contributed by atoms with Crippen molar-refractivity contribution < 1.29 is 14.3 Å². The highest BCUT2D eigenvalue weighted by atomic mass is 16.5. The zero-order valence-electron chi connectivity index (χ0n) is 17.0. The molecule has 1 saturated heterocycles. The Hall–Kier alpha value is -2.53. The van der Waals surface area contributed by atoms with Gasteiger partial charge in [-0.3, -0.25) is 9.69 Å². The molecule has 0 aromatic heterocycles. The van der Waals surface area contributed by atoms with Crippen LogP contribution in [0.15, 0.2) is 48.5 Å². The normalized spacial score (nSPS) is 16.4. The number of carbonyl (C=O) groups is 1. The van der Waals surface area contributed by atoms with Crippen molar-refractivity contribution in [2.45, 2.75) is 25.8 Å². The van der Waals surface area contributed by atoms with Crippen LogP contribution >= 0.6 is 0 Å². The van der Waals surface area contributed by atoms with Crippen molar-refractivity contribution in [3.63, 3.8) is 0 Å². The molecule has 1 amide bonds. The molecule has 0 saturated carbocycles. The Morgan fingerprint density at radius 1 is 1.07 bits per heavy atom. The minimum absolute atomic E-state index is 0.122. The molecule has 1 unspecified atom stereocenters. The Labute approximate surface area is 167 Å². The molecular formula is C23H30N2O3. The van der Waals surface area contributed by atoms with Crippen LogP contribution in [0.4, 0.5) is 0 Å². The summed E-state index contributed by atoms with van der Waals surface area (Å²) in [4.78, 5) is 15.3. The summed E-state index contributed by atoms with van der Waals surface area (Å²) < 4.78 is 10.6. The molecule has 1 fully saturated rings. The first-order chi connectivity index (χ1) is 13.6. The number of amides is 1. The standard InChI is InChI=1S/C23H30N2O3/c1-17-9-11-25(12-10-17)22(18-7-5-4-6-8-18)16-24-23(26)19-13-20(27-2)15-21(14-19)28-3/h4-8,13-15,17,22H,9-12,16H2,1-3H3,(H,24,26). The van der Waals surface area contributed by atoms with Crippen LogP contribution in [0, 0.1) is 5.92 Å². The molecule has 5 nitrogen and oxygen atoms in total. The van der Waals surface area contributed by atoms with Gasteiger partial charge in [0.15, 0.2) is 0 Å². The first-order valence-corrected chi connectivity index (χ1v) is 9.91. The Morgan fingerprint density at radius 2 is 1.68 bits per heavy atom. The molecule has 28 heavy (non-hydrogen) atoms. The average molecular weight is 383 g/mol. The van der Waals surface area contributed by atoms with E-state index in [0.717, 1.165) is 19.0 Å². The lowest BCUT2D eigenvalue weighted by molar-refractivity contribution is 0.0912. The summed E-state index contributed by atoms with van der Waals surface area (Å²) in [6.45, 7) is 5.00. The molecular weight excluding hydrogens is 352 g/mol. The molecule has 0 spiro atoms. The van der Waals surface area contributed by atoms with Crippen LogP contribution in [-0.2, 0) is 0 Å². The van der Waals surface area contributed by atoms with Crippen LogP contribution in [0.5, 0.6) is 11.5 Å². The topological polar surface area (TPSA) is 50.8 Å². The molecule has 1 aliphatic rings. The number of rotatable bonds is 7. The van der Waals surface area contributed by atoms with E-state index in [4.69, 9.17) is 9.47 Å². The Morgan fingerprint density at radius 3 is 2.25 bits per heavy atom. The van der Waals surface area contributed by atoms with Gasteiger partial charge in [-0.15, -0.1) is 0 Å². The van der Waals surface area contributed by atoms with E-state index in [9.17, 15) is 4.79 Å². The van der Waals surface area contributed by atoms with Crippen molar-refractivity contribution >= 4 is 5.91 Å². The fourth-order valence-corrected chi connectivity index (χ4v) is 3.70. The molecule has 2 aromatic carbocycles. The molecule has 0 radical (unpaired) electrons. The summed E-state index contributed by atoms with van der Waals surface area (Å²) in [5.41, 5.74) is 1.77. The van der Waals surface area contributed by atoms with Crippen LogP contribution in [-0.4, -0.2) is 44.7 Å². The number of piperidine rings is 1. The van der Waals surface area contributed by atoms with Crippen molar-refractivity contribution in [3.05, 3.63) is 59.7 Å². The van der Waals surface area contributed by atoms with Crippen LogP contribution in [0.25, 0.3) is 0 Å². The van der Waals surface area contributed by atoms with Gasteiger partial charge in [0.1, 0.15) is 11.5 Å². The SMILES string of the molecule is COc1cc(OC)cc(C(=O)NCC(c2ccccc2)N2CCC(C)CC2)c1. The maximum atomic E-state index is 12.8. The summed E-state index contributed by atoms with van der Waals surface area (Å²) in [6.07, 6.45) is 2.40. The number of hydrogen-bond acceptors (Lipinski definition) is 4. The van der Waals surface area contributed by atoms with Crippen molar-refractivity contribution in [2.75, 3.05) is 33.9 Å². The predicted octanol–water partition coefficient (Wildman–Crippen LogP) is 3.91. The third kappa shape index (κ3) is 5.04. The molecule has 5 heteroatoms. The second-order valence-corrected chi connectivity index (χ2v) is 7.46. The van der Waals surface area contributed by atoms with Gasteiger partial charge in [0.2, 0.25) is 0 Å². The van der Waals surface area contributed by atoms with Crippen LogP contribution in [0.3, 0.4) is 0 Å². The summed E-state index contributed by atoms with van der Waals surface area (Å²) in [5, 5.41) is 3.12. The predicted molar refractivity (Wildman–Crippen MR) is 111 cm³/mol. The highest BCUT2D eigenvalue weighted by Gasteiger charge is 2.25. The van der Waals surface area contributed by atoms with Gasteiger partial charge in [-0.1, -0.05) is 37.3 Å². The van der Waals surface area contributed by atoms with E-state index in [2.05, 4.69) is 41.4 Å². The van der Waals surface area contributed by atoms with E-state index in [1.165, 1.54) is 18.4 Å². The number of carbonyl (C=O) groups excluding carboxylic acids is 1. The van der Waals surface area contributed by atoms with Gasteiger partial charge in [-0.2, -0.15) is 0 Å². The third-order valence-corrected chi connectivity index (χ3v) is 5.51. The van der Waals surface area contributed by atoms with Crippen molar-refractivity contribution in [1.82, 2.24) is 10.2 Å². The summed E-state index contributed by atoms with van der Waals surface area (Å²) in [5.74, 6) is 1.86. The minimum Gasteiger partial charge on any atom is -0.497 e. The monoisotopic (exact) mass is 382 g/mol. The second-order valence-electron chi connectivity index (χ2n) is 7.46. The number of nitrogens with zero attached hydrogens (tertiary/aromatic N) is 1. The summed E-state index contributed by atoms with van der Waals surface area (Å²) in [7, 11) is 3.17. The molecule has 150 valence electrons. The summed E-state index contributed by atoms with van der Waals surface area (Å²) >= 11 is 0. The van der Waals surface area contributed by atoms with Gasteiger partial charge in [0.25, 0.3) is 5.91 Å². The molecule has 1 heterocycles. The largest absolute Gasteiger partial charge is 0.497 e. The van der Waals surface area contributed by atoms with Gasteiger partial charge in [-0.25, -0.2) is 0 Å². The molecule has 0 bridgehead atoms. The number of nitrogens with one attached hydrogen (secondary N) is 1. The van der Waals surface area contributed by atoms with E-state index in [0.29, 0.717) is 23.6 Å². The first kappa shape index (κ1) is 20.2. The summed E-state index contributed by atoms with van der Waals surface area (Å²) in [6, 6.07) is 15.8. The van der Waals surface area contributed by atoms with Crippen LogP contribution in [0.2, 0.25) is 0 Å². The zero-order valence-corrected chi connectivity index (χ0v) is 17.0. The van der Waals surface area contributed by atoms with Crippen molar-refractivity contribution in [2.24, 2.45) is 5.92 Å². The Kier molecular flexibility index (Phi) is 6.93. The maximum Gasteiger partial charge on any atom is 0.251 e. The van der Waals surface area contributed by atoms with Crippen molar-refractivity contribution in [3.8, 4) is 11.5 Å². The molecule has 1 aliphatic heterocycles. The fraction of sp³-hybridized carbons (Fsp3) is 0.435. The van der Waals surface area contributed by atoms with Gasteiger partial charge < -0.3 is 14.8 Å². The van der Waals surface area contributed by atoms with Crippen LogP contribution < -0.4 is 14.8 Å². The molecule has 1 N–H and O–H groups in total.